The molecule has 2 aromatic rings. The first-order valence-corrected chi connectivity index (χ1v) is 6.55. The third-order valence-electron chi connectivity index (χ3n) is 3.01. The third kappa shape index (κ3) is 4.22. The monoisotopic (exact) mass is 287 g/mol. The van der Waals surface area contributed by atoms with Crippen LogP contribution in [0.4, 0.5) is 0 Å². The Morgan fingerprint density at radius 1 is 1.10 bits per heavy atom. The average Bonchev–Trinajstić information content (AvgIpc) is 2.46. The van der Waals surface area contributed by atoms with Crippen molar-refractivity contribution in [2.45, 2.75) is 12.5 Å². The Kier molecular flexibility index (Phi) is 4.79. The van der Waals surface area contributed by atoms with Gasteiger partial charge in [-0.25, -0.2) is 0 Å². The number of carbonyl (C=O) groups is 1. The highest BCUT2D eigenvalue weighted by Crippen LogP contribution is 2.26. The summed E-state index contributed by atoms with van der Waals surface area (Å²) in [5.41, 5.74) is 6.76. The van der Waals surface area contributed by atoms with E-state index >= 15 is 0 Å². The highest BCUT2D eigenvalue weighted by Gasteiger charge is 2.17. The van der Waals surface area contributed by atoms with Crippen LogP contribution in [0.3, 0.4) is 0 Å². The highest BCUT2D eigenvalue weighted by molar-refractivity contribution is 5.71. The summed E-state index contributed by atoms with van der Waals surface area (Å²) in [5, 5.41) is 19.1. The molecule has 0 aromatic heterocycles. The van der Waals surface area contributed by atoms with E-state index in [2.05, 4.69) is 0 Å². The van der Waals surface area contributed by atoms with Gasteiger partial charge in [-0.05, 0) is 35.4 Å². The Morgan fingerprint density at radius 2 is 1.76 bits per heavy atom. The van der Waals surface area contributed by atoms with E-state index in [0.717, 1.165) is 5.56 Å². The van der Waals surface area contributed by atoms with Crippen LogP contribution in [0.15, 0.2) is 48.5 Å². The fourth-order valence-electron chi connectivity index (χ4n) is 2.06. The fraction of sp³-hybridized carbons (Fsp3) is 0.188. The molecule has 0 saturated carbocycles. The van der Waals surface area contributed by atoms with Crippen LogP contribution >= 0.6 is 0 Å². The van der Waals surface area contributed by atoms with Gasteiger partial charge in [-0.2, -0.15) is 0 Å². The molecule has 1 unspecified atom stereocenters. The van der Waals surface area contributed by atoms with Crippen molar-refractivity contribution >= 4 is 5.97 Å². The SMILES string of the molecule is NCC(=O)OC(Cc1cccc(O)c1)c1cccc(O)c1. The lowest BCUT2D eigenvalue weighted by atomic mass is 10.0. The quantitative estimate of drug-likeness (QED) is 0.730. The molecule has 21 heavy (non-hydrogen) atoms. The summed E-state index contributed by atoms with van der Waals surface area (Å²) in [6.07, 6.45) is -0.196. The lowest BCUT2D eigenvalue weighted by molar-refractivity contribution is -0.147. The van der Waals surface area contributed by atoms with Crippen LogP contribution in [0.25, 0.3) is 0 Å². The van der Waals surface area contributed by atoms with Crippen molar-refractivity contribution in [1.82, 2.24) is 0 Å². The van der Waals surface area contributed by atoms with Crippen molar-refractivity contribution in [1.29, 1.82) is 0 Å². The van der Waals surface area contributed by atoms with E-state index in [0.29, 0.717) is 12.0 Å². The number of esters is 1. The van der Waals surface area contributed by atoms with Gasteiger partial charge in [0.05, 0.1) is 6.54 Å². The number of nitrogens with two attached hydrogens (primary N) is 1. The molecule has 5 heteroatoms. The van der Waals surface area contributed by atoms with Crippen molar-refractivity contribution in [3.63, 3.8) is 0 Å². The number of hydrogen-bond acceptors (Lipinski definition) is 5. The molecule has 0 aliphatic rings. The highest BCUT2D eigenvalue weighted by atomic mass is 16.5. The van der Waals surface area contributed by atoms with Crippen LogP contribution in [-0.4, -0.2) is 22.7 Å². The van der Waals surface area contributed by atoms with Gasteiger partial charge >= 0.3 is 5.97 Å². The standard InChI is InChI=1S/C16H17NO4/c17-10-16(20)21-15(12-4-2-6-14(19)9-12)8-11-3-1-5-13(18)7-11/h1-7,9,15,18-19H,8,10,17H2. The second kappa shape index (κ2) is 6.76. The van der Waals surface area contributed by atoms with Crippen molar-refractivity contribution in [2.75, 3.05) is 6.54 Å². The van der Waals surface area contributed by atoms with Crippen molar-refractivity contribution in [3.8, 4) is 11.5 Å². The molecule has 0 saturated heterocycles. The maximum atomic E-state index is 11.5. The molecule has 0 fully saturated rings. The number of rotatable bonds is 5. The smallest absolute Gasteiger partial charge is 0.320 e. The average molecular weight is 287 g/mol. The maximum absolute atomic E-state index is 11.5. The normalized spacial score (nSPS) is 11.9. The topological polar surface area (TPSA) is 92.8 Å². The number of carbonyl (C=O) groups excluding carboxylic acids is 1. The number of phenolic OH excluding ortho intramolecular Hbond substituents is 2. The molecular formula is C16H17NO4. The van der Waals surface area contributed by atoms with Crippen LogP contribution in [-0.2, 0) is 16.0 Å². The Morgan fingerprint density at radius 3 is 2.38 bits per heavy atom. The van der Waals surface area contributed by atoms with Crippen molar-refractivity contribution in [2.24, 2.45) is 5.73 Å². The van der Waals surface area contributed by atoms with Crippen LogP contribution in [0.5, 0.6) is 11.5 Å². The number of benzene rings is 2. The third-order valence-corrected chi connectivity index (χ3v) is 3.01. The van der Waals surface area contributed by atoms with Crippen LogP contribution in [0, 0.1) is 0 Å². The first kappa shape index (κ1) is 14.9. The maximum Gasteiger partial charge on any atom is 0.320 e. The van der Waals surface area contributed by atoms with E-state index in [1.807, 2.05) is 6.07 Å². The predicted molar refractivity (Wildman–Crippen MR) is 77.8 cm³/mol. The molecule has 2 rings (SSSR count). The van der Waals surface area contributed by atoms with Crippen LogP contribution in [0.2, 0.25) is 0 Å². The minimum atomic E-state index is -0.574. The van der Waals surface area contributed by atoms with Gasteiger partial charge in [-0.3, -0.25) is 4.79 Å². The van der Waals surface area contributed by atoms with Gasteiger partial charge in [0.1, 0.15) is 17.6 Å². The number of ether oxygens (including phenoxy) is 1. The molecule has 0 bridgehead atoms. The number of phenols is 2. The zero-order valence-electron chi connectivity index (χ0n) is 11.4. The summed E-state index contributed by atoms with van der Waals surface area (Å²) in [6, 6.07) is 13.2. The second-order valence-corrected chi connectivity index (χ2v) is 4.65. The number of hydrogen-bond donors (Lipinski definition) is 3. The molecule has 0 heterocycles. The largest absolute Gasteiger partial charge is 0.508 e. The van der Waals surface area contributed by atoms with Gasteiger partial charge < -0.3 is 20.7 Å². The molecule has 5 nitrogen and oxygen atoms in total. The molecule has 2 aromatic carbocycles. The summed E-state index contributed by atoms with van der Waals surface area (Å²) in [7, 11) is 0. The molecule has 0 amide bonds. The minimum absolute atomic E-state index is 0.0946. The molecule has 1 atom stereocenters. The first-order chi connectivity index (χ1) is 10.1. The van der Waals surface area contributed by atoms with E-state index in [1.165, 1.54) is 6.07 Å². The van der Waals surface area contributed by atoms with Gasteiger partial charge in [0.2, 0.25) is 0 Å². The van der Waals surface area contributed by atoms with Crippen molar-refractivity contribution in [3.05, 3.63) is 59.7 Å². The molecular weight excluding hydrogens is 270 g/mol. The molecule has 0 aliphatic heterocycles. The fourth-order valence-corrected chi connectivity index (χ4v) is 2.06. The lowest BCUT2D eigenvalue weighted by Gasteiger charge is -2.18. The van der Waals surface area contributed by atoms with Gasteiger partial charge in [0, 0.05) is 6.42 Å². The summed E-state index contributed by atoms with van der Waals surface area (Å²) >= 11 is 0. The van der Waals surface area contributed by atoms with E-state index in [9.17, 15) is 15.0 Å². The second-order valence-electron chi connectivity index (χ2n) is 4.65. The summed E-state index contributed by atoms with van der Waals surface area (Å²) in [4.78, 5) is 11.5. The van der Waals surface area contributed by atoms with Gasteiger partial charge in [0.25, 0.3) is 0 Å². The minimum Gasteiger partial charge on any atom is -0.508 e. The van der Waals surface area contributed by atoms with E-state index < -0.39 is 12.1 Å². The Bertz CT molecular complexity index is 627. The van der Waals surface area contributed by atoms with Crippen molar-refractivity contribution < 1.29 is 19.7 Å². The van der Waals surface area contributed by atoms with E-state index in [1.54, 1.807) is 36.4 Å². The van der Waals surface area contributed by atoms with Crippen LogP contribution < -0.4 is 5.73 Å². The van der Waals surface area contributed by atoms with Gasteiger partial charge in [0.15, 0.2) is 0 Å². The molecule has 0 aliphatic carbocycles. The Labute approximate surface area is 122 Å². The zero-order valence-corrected chi connectivity index (χ0v) is 11.4. The van der Waals surface area contributed by atoms with E-state index in [4.69, 9.17) is 10.5 Å². The molecule has 4 N–H and O–H groups in total. The predicted octanol–water partition coefficient (Wildman–Crippen LogP) is 1.88. The van der Waals surface area contributed by atoms with Crippen LogP contribution in [0.1, 0.15) is 17.2 Å². The first-order valence-electron chi connectivity index (χ1n) is 6.55. The van der Waals surface area contributed by atoms with Gasteiger partial charge in [-0.15, -0.1) is 0 Å². The molecule has 110 valence electrons. The molecule has 0 radical (unpaired) electrons. The zero-order chi connectivity index (χ0) is 15.2. The lowest BCUT2D eigenvalue weighted by Crippen LogP contribution is -2.21. The molecule has 0 spiro atoms. The number of aromatic hydroxyl groups is 2. The van der Waals surface area contributed by atoms with E-state index in [-0.39, 0.29) is 18.0 Å². The van der Waals surface area contributed by atoms with Gasteiger partial charge in [-0.1, -0.05) is 24.3 Å². The Balaban J connectivity index is 2.25. The summed E-state index contributed by atoms with van der Waals surface area (Å²) < 4.78 is 5.33. The summed E-state index contributed by atoms with van der Waals surface area (Å²) in [6.45, 7) is -0.213. The summed E-state index contributed by atoms with van der Waals surface area (Å²) in [5.74, 6) is -0.284. The Hall–Kier alpha value is -2.53.